The van der Waals surface area contributed by atoms with Gasteiger partial charge in [-0.1, -0.05) is 29.8 Å². The molecule has 1 nitrogen and oxygen atoms in total. The van der Waals surface area contributed by atoms with E-state index < -0.39 is 0 Å². The van der Waals surface area contributed by atoms with Gasteiger partial charge < -0.3 is 5.32 Å². The minimum atomic E-state index is 0.309. The van der Waals surface area contributed by atoms with Crippen molar-refractivity contribution in [2.75, 3.05) is 11.6 Å². The summed E-state index contributed by atoms with van der Waals surface area (Å²) in [4.78, 5) is 1.29. The molecular weight excluding hydrogens is 262 g/mol. The van der Waals surface area contributed by atoms with Crippen LogP contribution in [0.2, 0.25) is 0 Å². The monoisotopic (exact) mass is 285 g/mol. The van der Waals surface area contributed by atoms with Crippen LogP contribution in [0, 0.1) is 20.8 Å². The van der Waals surface area contributed by atoms with E-state index in [9.17, 15) is 0 Å². The van der Waals surface area contributed by atoms with Crippen molar-refractivity contribution in [3.05, 3.63) is 58.7 Å². The Kier molecular flexibility index (Phi) is 4.77. The number of para-hydroxylation sites is 1. The summed E-state index contributed by atoms with van der Waals surface area (Å²) in [7, 11) is 0. The molecule has 0 saturated heterocycles. The molecule has 0 amide bonds. The number of nitrogens with one attached hydrogen (secondary N) is 1. The third-order valence-electron chi connectivity index (χ3n) is 3.65. The fourth-order valence-corrected chi connectivity index (χ4v) is 3.51. The van der Waals surface area contributed by atoms with E-state index in [1.807, 2.05) is 0 Å². The summed E-state index contributed by atoms with van der Waals surface area (Å²) in [6, 6.07) is 13.3. The molecule has 1 atom stereocenters. The first-order valence-corrected chi connectivity index (χ1v) is 8.22. The van der Waals surface area contributed by atoms with Gasteiger partial charge in [0.25, 0.3) is 0 Å². The highest BCUT2D eigenvalue weighted by molar-refractivity contribution is 7.98. The number of anilines is 1. The zero-order chi connectivity index (χ0) is 14.7. The van der Waals surface area contributed by atoms with Crippen LogP contribution in [-0.2, 0) is 0 Å². The third kappa shape index (κ3) is 3.18. The number of thioether (sulfide) groups is 1. The molecule has 0 bridgehead atoms. The van der Waals surface area contributed by atoms with Crippen LogP contribution >= 0.6 is 11.8 Å². The van der Waals surface area contributed by atoms with Gasteiger partial charge in [-0.3, -0.25) is 0 Å². The topological polar surface area (TPSA) is 12.0 Å². The first-order valence-electron chi connectivity index (χ1n) is 7.00. The highest BCUT2D eigenvalue weighted by Gasteiger charge is 2.13. The second kappa shape index (κ2) is 6.36. The first kappa shape index (κ1) is 15.0. The molecule has 0 radical (unpaired) electrons. The smallest absolute Gasteiger partial charge is 0.0491 e. The molecule has 0 fully saturated rings. The molecule has 2 aromatic carbocycles. The molecule has 1 unspecified atom stereocenters. The lowest BCUT2D eigenvalue weighted by atomic mass is 9.95. The molecule has 1 N–H and O–H groups in total. The molecule has 20 heavy (non-hydrogen) atoms. The summed E-state index contributed by atoms with van der Waals surface area (Å²) in [5, 5.41) is 3.66. The van der Waals surface area contributed by atoms with Gasteiger partial charge in [-0.05, 0) is 62.8 Å². The Balaban J connectivity index is 2.31. The van der Waals surface area contributed by atoms with E-state index >= 15 is 0 Å². The number of aryl methyl sites for hydroxylation is 3. The van der Waals surface area contributed by atoms with Crippen LogP contribution in [0.4, 0.5) is 5.69 Å². The molecule has 2 heteroatoms. The van der Waals surface area contributed by atoms with Crippen molar-refractivity contribution in [2.45, 2.75) is 38.6 Å². The zero-order valence-corrected chi connectivity index (χ0v) is 13.8. The minimum absolute atomic E-state index is 0.309. The van der Waals surface area contributed by atoms with Gasteiger partial charge in [0, 0.05) is 16.6 Å². The summed E-state index contributed by atoms with van der Waals surface area (Å²) in [5.41, 5.74) is 6.69. The predicted molar refractivity (Wildman–Crippen MR) is 90.9 cm³/mol. The van der Waals surface area contributed by atoms with Gasteiger partial charge in [-0.15, -0.1) is 11.8 Å². The molecule has 0 aromatic heterocycles. The lowest BCUT2D eigenvalue weighted by molar-refractivity contribution is 0.857. The maximum Gasteiger partial charge on any atom is 0.0491 e. The Morgan fingerprint density at radius 1 is 1.00 bits per heavy atom. The Morgan fingerprint density at radius 3 is 2.20 bits per heavy atom. The summed E-state index contributed by atoms with van der Waals surface area (Å²) < 4.78 is 0. The van der Waals surface area contributed by atoms with E-state index in [0.717, 1.165) is 0 Å². The van der Waals surface area contributed by atoms with Gasteiger partial charge in [0.05, 0.1) is 0 Å². The van der Waals surface area contributed by atoms with Crippen molar-refractivity contribution in [3.8, 4) is 0 Å². The molecule has 0 heterocycles. The van der Waals surface area contributed by atoms with Crippen LogP contribution in [-0.4, -0.2) is 6.26 Å². The molecule has 0 spiro atoms. The van der Waals surface area contributed by atoms with Crippen molar-refractivity contribution in [1.29, 1.82) is 0 Å². The Morgan fingerprint density at radius 2 is 1.60 bits per heavy atom. The van der Waals surface area contributed by atoms with Gasteiger partial charge in [0.15, 0.2) is 0 Å². The number of hydrogen-bond donors (Lipinski definition) is 1. The van der Waals surface area contributed by atoms with Crippen LogP contribution in [0.5, 0.6) is 0 Å². The molecule has 2 rings (SSSR count). The first-order chi connectivity index (χ1) is 9.52. The maximum absolute atomic E-state index is 3.66. The highest BCUT2D eigenvalue weighted by Crippen LogP contribution is 2.30. The molecule has 0 aliphatic carbocycles. The van der Waals surface area contributed by atoms with E-state index in [1.165, 1.54) is 32.8 Å². The van der Waals surface area contributed by atoms with Gasteiger partial charge in [0.1, 0.15) is 0 Å². The van der Waals surface area contributed by atoms with Crippen molar-refractivity contribution in [2.24, 2.45) is 0 Å². The average molecular weight is 285 g/mol. The summed E-state index contributed by atoms with van der Waals surface area (Å²) in [6.45, 7) is 8.80. The summed E-state index contributed by atoms with van der Waals surface area (Å²) >= 11 is 1.78. The molecule has 0 aliphatic heterocycles. The van der Waals surface area contributed by atoms with E-state index in [-0.39, 0.29) is 0 Å². The number of hydrogen-bond acceptors (Lipinski definition) is 2. The number of rotatable bonds is 4. The molecule has 2 aromatic rings. The van der Waals surface area contributed by atoms with E-state index in [0.29, 0.717) is 6.04 Å². The fraction of sp³-hybridized carbons (Fsp3) is 0.333. The Labute approximate surface area is 126 Å². The normalized spacial score (nSPS) is 12.2. The Hall–Kier alpha value is -1.41. The minimum Gasteiger partial charge on any atom is -0.378 e. The second-order valence-corrected chi connectivity index (χ2v) is 6.23. The van der Waals surface area contributed by atoms with Crippen LogP contribution in [0.3, 0.4) is 0 Å². The quantitative estimate of drug-likeness (QED) is 0.744. The fourth-order valence-electron chi connectivity index (χ4n) is 2.94. The molecule has 0 aliphatic rings. The lowest BCUT2D eigenvalue weighted by Crippen LogP contribution is -2.11. The summed E-state index contributed by atoms with van der Waals surface area (Å²) in [5.74, 6) is 0. The SMILES string of the molecule is CSc1ccccc1NC(C)c1c(C)cc(C)cc1C. The molecule has 106 valence electrons. The standard InChI is InChI=1S/C18H23NS/c1-12-10-13(2)18(14(3)11-12)15(4)19-16-8-6-7-9-17(16)20-5/h6-11,15,19H,1-5H3. The summed E-state index contributed by atoms with van der Waals surface area (Å²) in [6.07, 6.45) is 2.12. The van der Waals surface area contributed by atoms with Crippen LogP contribution in [0.25, 0.3) is 0 Å². The average Bonchev–Trinajstić information content (AvgIpc) is 2.38. The molecule has 0 saturated carbocycles. The van der Waals surface area contributed by atoms with Crippen molar-refractivity contribution >= 4 is 17.4 Å². The van der Waals surface area contributed by atoms with E-state index in [4.69, 9.17) is 0 Å². The zero-order valence-electron chi connectivity index (χ0n) is 12.9. The Bertz CT molecular complexity index is 581. The number of benzene rings is 2. The molecular formula is C18H23NS. The highest BCUT2D eigenvalue weighted by atomic mass is 32.2. The van der Waals surface area contributed by atoms with Gasteiger partial charge >= 0.3 is 0 Å². The van der Waals surface area contributed by atoms with Gasteiger partial charge in [-0.25, -0.2) is 0 Å². The van der Waals surface area contributed by atoms with Crippen molar-refractivity contribution < 1.29 is 0 Å². The van der Waals surface area contributed by atoms with Crippen molar-refractivity contribution in [1.82, 2.24) is 0 Å². The predicted octanol–water partition coefficient (Wildman–Crippen LogP) is 5.51. The van der Waals surface area contributed by atoms with Crippen molar-refractivity contribution in [3.63, 3.8) is 0 Å². The lowest BCUT2D eigenvalue weighted by Gasteiger charge is -2.22. The second-order valence-electron chi connectivity index (χ2n) is 5.38. The largest absolute Gasteiger partial charge is 0.378 e. The maximum atomic E-state index is 3.66. The van der Waals surface area contributed by atoms with Gasteiger partial charge in [0.2, 0.25) is 0 Å². The van der Waals surface area contributed by atoms with E-state index in [2.05, 4.69) is 75.7 Å². The van der Waals surface area contributed by atoms with Crippen LogP contribution in [0.15, 0.2) is 41.3 Å². The van der Waals surface area contributed by atoms with E-state index in [1.54, 1.807) is 11.8 Å². The van der Waals surface area contributed by atoms with Crippen LogP contribution in [0.1, 0.15) is 35.2 Å². The third-order valence-corrected chi connectivity index (χ3v) is 4.45. The van der Waals surface area contributed by atoms with Gasteiger partial charge in [-0.2, -0.15) is 0 Å². The van der Waals surface area contributed by atoms with Crippen LogP contribution < -0.4 is 5.32 Å².